The van der Waals surface area contributed by atoms with Crippen molar-refractivity contribution >= 4 is 34.3 Å². The molecule has 4 heterocycles. The van der Waals surface area contributed by atoms with Crippen molar-refractivity contribution in [3.63, 3.8) is 0 Å². The van der Waals surface area contributed by atoms with Crippen LogP contribution in [0.25, 0.3) is 16.6 Å². The van der Waals surface area contributed by atoms with E-state index in [1.54, 1.807) is 47.3 Å². The van der Waals surface area contributed by atoms with Gasteiger partial charge in [-0.1, -0.05) is 26.8 Å². The van der Waals surface area contributed by atoms with E-state index in [2.05, 4.69) is 36.1 Å². The smallest absolute Gasteiger partial charge is 0.330 e. The predicted molar refractivity (Wildman–Crippen MR) is 162 cm³/mol. The third-order valence-electron chi connectivity index (χ3n) is 7.15. The van der Waals surface area contributed by atoms with E-state index in [0.29, 0.717) is 24.6 Å². The standard InChI is InChI=1S/C32H31N7O3/c1-32(2,3)28-20-29(39(36-28)23-9-12-26-21(18-23)6-5-14-34-26)38-17-16-37(31(38)41)22-7-10-24(11-8-22)42-25-13-15-35-27(19-25)30(40)33-4/h5-15,18-20H,16-17H2,1-4H3,(H,33,40). The van der Waals surface area contributed by atoms with Crippen molar-refractivity contribution in [2.45, 2.75) is 26.2 Å². The number of anilines is 2. The number of amides is 3. The normalized spacial score (nSPS) is 13.6. The Labute approximate surface area is 243 Å². The lowest BCUT2D eigenvalue weighted by atomic mass is 9.92. The Kier molecular flexibility index (Phi) is 6.82. The van der Waals surface area contributed by atoms with Crippen molar-refractivity contribution in [1.82, 2.24) is 25.1 Å². The number of rotatable bonds is 6. The van der Waals surface area contributed by atoms with Gasteiger partial charge in [-0.2, -0.15) is 5.10 Å². The van der Waals surface area contributed by atoms with Crippen molar-refractivity contribution < 1.29 is 14.3 Å². The van der Waals surface area contributed by atoms with Gasteiger partial charge in [0.25, 0.3) is 5.91 Å². The Bertz CT molecular complexity index is 1790. The molecule has 10 nitrogen and oxygen atoms in total. The van der Waals surface area contributed by atoms with Gasteiger partial charge in [0.05, 0.1) is 16.9 Å². The molecule has 0 atom stereocenters. The first-order chi connectivity index (χ1) is 20.2. The first-order valence-corrected chi connectivity index (χ1v) is 13.7. The fourth-order valence-corrected chi connectivity index (χ4v) is 4.86. The molecule has 0 saturated carbocycles. The van der Waals surface area contributed by atoms with Gasteiger partial charge < -0.3 is 10.1 Å². The van der Waals surface area contributed by atoms with Crippen LogP contribution in [-0.4, -0.2) is 51.8 Å². The van der Waals surface area contributed by atoms with E-state index in [0.717, 1.165) is 33.8 Å². The number of urea groups is 1. The highest BCUT2D eigenvalue weighted by molar-refractivity contribution is 6.06. The SMILES string of the molecule is CNC(=O)c1cc(Oc2ccc(N3CCN(c4cc(C(C)(C)C)nn4-c4ccc5ncccc5c4)C3=O)cc2)ccn1. The van der Waals surface area contributed by atoms with Crippen molar-refractivity contribution in [3.8, 4) is 17.2 Å². The Balaban J connectivity index is 1.26. The average molecular weight is 562 g/mol. The highest BCUT2D eigenvalue weighted by Crippen LogP contribution is 2.33. The van der Waals surface area contributed by atoms with E-state index in [1.807, 2.05) is 53.2 Å². The third-order valence-corrected chi connectivity index (χ3v) is 7.15. The maximum absolute atomic E-state index is 13.8. The molecule has 0 radical (unpaired) electrons. The van der Waals surface area contributed by atoms with Crippen LogP contribution in [0.4, 0.5) is 16.3 Å². The second-order valence-electron chi connectivity index (χ2n) is 11.1. The Morgan fingerprint density at radius 1 is 0.857 bits per heavy atom. The van der Waals surface area contributed by atoms with Gasteiger partial charge in [0, 0.05) is 61.2 Å². The van der Waals surface area contributed by atoms with Gasteiger partial charge in [-0.05, 0) is 54.6 Å². The molecule has 42 heavy (non-hydrogen) atoms. The lowest BCUT2D eigenvalue weighted by molar-refractivity contribution is 0.0957. The molecule has 3 amide bonds. The summed E-state index contributed by atoms with van der Waals surface area (Å²) in [5.74, 6) is 1.50. The van der Waals surface area contributed by atoms with E-state index in [4.69, 9.17) is 9.84 Å². The average Bonchev–Trinajstić information content (AvgIpc) is 3.61. The molecule has 5 aromatic rings. The molecule has 0 bridgehead atoms. The van der Waals surface area contributed by atoms with E-state index in [1.165, 1.54) is 6.20 Å². The van der Waals surface area contributed by atoms with Gasteiger partial charge in [-0.25, -0.2) is 9.48 Å². The van der Waals surface area contributed by atoms with Gasteiger partial charge in [-0.15, -0.1) is 0 Å². The summed E-state index contributed by atoms with van der Waals surface area (Å²) in [6.45, 7) is 7.37. The molecule has 6 rings (SSSR count). The quantitative estimate of drug-likeness (QED) is 0.285. The largest absolute Gasteiger partial charge is 0.457 e. The van der Waals surface area contributed by atoms with Gasteiger partial charge in [0.15, 0.2) is 0 Å². The Morgan fingerprint density at radius 3 is 2.38 bits per heavy atom. The number of hydrogen-bond donors (Lipinski definition) is 1. The molecule has 2 aromatic carbocycles. The summed E-state index contributed by atoms with van der Waals surface area (Å²) in [7, 11) is 1.55. The van der Waals surface area contributed by atoms with Crippen LogP contribution < -0.4 is 19.9 Å². The number of nitrogens with one attached hydrogen (secondary N) is 1. The van der Waals surface area contributed by atoms with Crippen molar-refractivity contribution in [2.75, 3.05) is 29.9 Å². The maximum Gasteiger partial charge on any atom is 0.330 e. The van der Waals surface area contributed by atoms with Crippen LogP contribution in [0.15, 0.2) is 85.2 Å². The van der Waals surface area contributed by atoms with E-state index in [-0.39, 0.29) is 23.0 Å². The first-order valence-electron chi connectivity index (χ1n) is 13.7. The molecule has 1 saturated heterocycles. The van der Waals surface area contributed by atoms with Crippen LogP contribution in [0.5, 0.6) is 11.5 Å². The van der Waals surface area contributed by atoms with Crippen molar-refractivity contribution in [1.29, 1.82) is 0 Å². The minimum absolute atomic E-state index is 0.128. The fourth-order valence-electron chi connectivity index (χ4n) is 4.86. The van der Waals surface area contributed by atoms with Crippen LogP contribution >= 0.6 is 0 Å². The Morgan fingerprint density at radius 2 is 1.62 bits per heavy atom. The molecule has 0 spiro atoms. The van der Waals surface area contributed by atoms with Gasteiger partial charge in [0.1, 0.15) is 23.0 Å². The van der Waals surface area contributed by atoms with Crippen molar-refractivity contribution in [2.24, 2.45) is 0 Å². The lowest BCUT2D eigenvalue weighted by Gasteiger charge is -2.20. The number of nitrogens with zero attached hydrogens (tertiary/aromatic N) is 6. The molecule has 0 unspecified atom stereocenters. The molecule has 212 valence electrons. The minimum atomic E-state index is -0.290. The molecule has 1 aliphatic heterocycles. The summed E-state index contributed by atoms with van der Waals surface area (Å²) in [5.41, 5.74) is 3.49. The lowest BCUT2D eigenvalue weighted by Crippen LogP contribution is -2.32. The second-order valence-corrected chi connectivity index (χ2v) is 11.1. The number of aromatic nitrogens is 4. The highest BCUT2D eigenvalue weighted by Gasteiger charge is 2.34. The zero-order valence-electron chi connectivity index (χ0n) is 23.9. The number of fused-ring (bicyclic) bond motifs is 1. The molecule has 1 aliphatic rings. The summed E-state index contributed by atoms with van der Waals surface area (Å²) in [6, 6.07) is 22.4. The Hall–Kier alpha value is -5.25. The number of benzene rings is 2. The molecule has 10 heteroatoms. The highest BCUT2D eigenvalue weighted by atomic mass is 16.5. The summed E-state index contributed by atoms with van der Waals surface area (Å²) in [6.07, 6.45) is 3.30. The summed E-state index contributed by atoms with van der Waals surface area (Å²) in [4.78, 5) is 37.7. The fraction of sp³-hybridized carbons (Fsp3) is 0.219. The van der Waals surface area contributed by atoms with Gasteiger partial charge >= 0.3 is 6.03 Å². The molecule has 1 N–H and O–H groups in total. The zero-order valence-corrected chi connectivity index (χ0v) is 23.9. The molecular weight excluding hydrogens is 530 g/mol. The van der Waals surface area contributed by atoms with Crippen LogP contribution in [-0.2, 0) is 5.41 Å². The van der Waals surface area contributed by atoms with Gasteiger partial charge in [0.2, 0.25) is 0 Å². The van der Waals surface area contributed by atoms with Crippen LogP contribution in [0.1, 0.15) is 37.0 Å². The van der Waals surface area contributed by atoms with E-state index in [9.17, 15) is 9.59 Å². The molecule has 1 fully saturated rings. The van der Waals surface area contributed by atoms with Crippen LogP contribution in [0.3, 0.4) is 0 Å². The number of carbonyl (C=O) groups is 2. The van der Waals surface area contributed by atoms with Crippen molar-refractivity contribution in [3.05, 3.63) is 96.6 Å². The van der Waals surface area contributed by atoms with Gasteiger partial charge in [-0.3, -0.25) is 24.6 Å². The monoisotopic (exact) mass is 561 g/mol. The minimum Gasteiger partial charge on any atom is -0.457 e. The van der Waals surface area contributed by atoms with E-state index >= 15 is 0 Å². The second kappa shape index (κ2) is 10.6. The predicted octanol–water partition coefficient (Wildman–Crippen LogP) is 5.71. The maximum atomic E-state index is 13.8. The third kappa shape index (κ3) is 5.14. The number of carbonyl (C=O) groups excluding carboxylic acids is 2. The number of pyridine rings is 2. The number of hydrogen-bond acceptors (Lipinski definition) is 6. The van der Waals surface area contributed by atoms with Crippen LogP contribution in [0.2, 0.25) is 0 Å². The number of ether oxygens (including phenoxy) is 1. The first kappa shape index (κ1) is 26.9. The molecular formula is C32H31N7O3. The summed E-state index contributed by atoms with van der Waals surface area (Å²) in [5, 5.41) is 8.50. The van der Waals surface area contributed by atoms with E-state index < -0.39 is 0 Å². The zero-order chi connectivity index (χ0) is 29.4. The van der Waals surface area contributed by atoms with Crippen LogP contribution in [0, 0.1) is 0 Å². The molecule has 0 aliphatic carbocycles. The summed E-state index contributed by atoms with van der Waals surface area (Å²) < 4.78 is 7.78. The summed E-state index contributed by atoms with van der Waals surface area (Å²) >= 11 is 0. The topological polar surface area (TPSA) is 105 Å². The molecule has 3 aromatic heterocycles.